The molecule has 0 radical (unpaired) electrons. The van der Waals surface area contributed by atoms with E-state index in [9.17, 15) is 20.2 Å². The Balaban J connectivity index is 2.03. The van der Waals surface area contributed by atoms with Gasteiger partial charge in [-0.15, -0.1) is 0 Å². The molecular weight excluding hydrogens is 363 g/mol. The maximum absolute atomic E-state index is 10.8. The van der Waals surface area contributed by atoms with Crippen molar-refractivity contribution >= 4 is 46.3 Å². The van der Waals surface area contributed by atoms with Gasteiger partial charge in [0.15, 0.2) is 0 Å². The lowest BCUT2D eigenvalue weighted by molar-refractivity contribution is -0.384. The maximum Gasteiger partial charge on any atom is 0.288 e. The van der Waals surface area contributed by atoms with Crippen molar-refractivity contribution in [2.45, 2.75) is 11.5 Å². The molecule has 6 nitrogen and oxygen atoms in total. The molecular formula is C14H10Cl2N2O4S. The summed E-state index contributed by atoms with van der Waals surface area (Å²) in [7, 11) is 0. The van der Waals surface area contributed by atoms with Crippen molar-refractivity contribution in [1.82, 2.24) is 0 Å². The number of benzene rings is 2. The molecule has 23 heavy (non-hydrogen) atoms. The lowest BCUT2D eigenvalue weighted by Gasteiger charge is -2.04. The number of nitrogens with zero attached hydrogens (tertiary/aromatic N) is 2. The lowest BCUT2D eigenvalue weighted by atomic mass is 10.2. The largest absolute Gasteiger partial charge is 0.288 e. The van der Waals surface area contributed by atoms with E-state index in [0.29, 0.717) is 11.5 Å². The summed E-state index contributed by atoms with van der Waals surface area (Å²) < 4.78 is 0. The van der Waals surface area contributed by atoms with Crippen LogP contribution in [0.1, 0.15) is 11.1 Å². The Labute approximate surface area is 145 Å². The summed E-state index contributed by atoms with van der Waals surface area (Å²) in [4.78, 5) is 20.6. The topological polar surface area (TPSA) is 86.3 Å². The zero-order valence-electron chi connectivity index (χ0n) is 11.6. The third-order valence-corrected chi connectivity index (χ3v) is 4.67. The van der Waals surface area contributed by atoms with Crippen LogP contribution in [0.3, 0.4) is 0 Å². The van der Waals surface area contributed by atoms with Crippen LogP contribution in [0, 0.1) is 20.2 Å². The number of thioether (sulfide) groups is 1. The first-order valence-corrected chi connectivity index (χ1v) is 8.23. The Kier molecular flexibility index (Phi) is 5.81. The van der Waals surface area contributed by atoms with Crippen LogP contribution in [0.2, 0.25) is 10.0 Å². The van der Waals surface area contributed by atoms with E-state index in [0.717, 1.165) is 11.1 Å². The van der Waals surface area contributed by atoms with Gasteiger partial charge in [-0.2, -0.15) is 11.8 Å². The highest BCUT2D eigenvalue weighted by molar-refractivity contribution is 7.97. The van der Waals surface area contributed by atoms with E-state index >= 15 is 0 Å². The summed E-state index contributed by atoms with van der Waals surface area (Å²) in [6, 6.07) is 9.27. The molecule has 0 bridgehead atoms. The van der Waals surface area contributed by atoms with Gasteiger partial charge in [0.25, 0.3) is 11.4 Å². The van der Waals surface area contributed by atoms with Crippen molar-refractivity contribution in [3.63, 3.8) is 0 Å². The molecule has 0 aromatic heterocycles. The van der Waals surface area contributed by atoms with Crippen LogP contribution in [-0.2, 0) is 11.5 Å². The predicted octanol–water partition coefficient (Wildman–Crippen LogP) is 5.24. The van der Waals surface area contributed by atoms with Crippen LogP contribution < -0.4 is 0 Å². The molecule has 0 N–H and O–H groups in total. The molecule has 0 aliphatic heterocycles. The molecule has 2 aromatic rings. The Morgan fingerprint density at radius 2 is 1.22 bits per heavy atom. The third-order valence-electron chi connectivity index (χ3n) is 2.95. The molecule has 0 aliphatic rings. The highest BCUT2D eigenvalue weighted by atomic mass is 35.5. The quantitative estimate of drug-likeness (QED) is 0.510. The summed E-state index contributed by atoms with van der Waals surface area (Å²) in [5.41, 5.74) is 1.25. The van der Waals surface area contributed by atoms with E-state index in [-0.39, 0.29) is 21.4 Å². The molecule has 0 aliphatic carbocycles. The predicted molar refractivity (Wildman–Crippen MR) is 91.2 cm³/mol. The van der Waals surface area contributed by atoms with Crippen LogP contribution in [0.15, 0.2) is 36.4 Å². The fourth-order valence-corrected chi connectivity index (χ4v) is 3.17. The highest BCUT2D eigenvalue weighted by Gasteiger charge is 2.14. The minimum absolute atomic E-state index is 0.0945. The number of hydrogen-bond donors (Lipinski definition) is 0. The zero-order valence-corrected chi connectivity index (χ0v) is 13.9. The van der Waals surface area contributed by atoms with E-state index < -0.39 is 9.85 Å². The Hall–Kier alpha value is -1.83. The van der Waals surface area contributed by atoms with Crippen molar-refractivity contribution in [1.29, 1.82) is 0 Å². The van der Waals surface area contributed by atoms with E-state index in [4.69, 9.17) is 23.2 Å². The highest BCUT2D eigenvalue weighted by Crippen LogP contribution is 2.29. The van der Waals surface area contributed by atoms with Gasteiger partial charge in [0.1, 0.15) is 10.0 Å². The van der Waals surface area contributed by atoms with E-state index in [1.807, 2.05) is 0 Å². The normalized spacial score (nSPS) is 10.5. The summed E-state index contributed by atoms with van der Waals surface area (Å²) in [6.45, 7) is 0. The Bertz CT molecular complexity index is 707. The molecule has 0 saturated heterocycles. The summed E-state index contributed by atoms with van der Waals surface area (Å²) in [5.74, 6) is 1.04. The number of hydrogen-bond acceptors (Lipinski definition) is 5. The van der Waals surface area contributed by atoms with Gasteiger partial charge < -0.3 is 0 Å². The first-order valence-electron chi connectivity index (χ1n) is 6.32. The van der Waals surface area contributed by atoms with Crippen molar-refractivity contribution in [2.75, 3.05) is 0 Å². The van der Waals surface area contributed by atoms with Crippen LogP contribution >= 0.6 is 35.0 Å². The van der Waals surface area contributed by atoms with Crippen molar-refractivity contribution < 1.29 is 9.85 Å². The van der Waals surface area contributed by atoms with Crippen molar-refractivity contribution in [2.24, 2.45) is 0 Å². The fraction of sp³-hybridized carbons (Fsp3) is 0.143. The smallest absolute Gasteiger partial charge is 0.258 e. The summed E-state index contributed by atoms with van der Waals surface area (Å²) in [6.07, 6.45) is 0. The van der Waals surface area contributed by atoms with Gasteiger partial charge in [0, 0.05) is 23.6 Å². The van der Waals surface area contributed by atoms with Gasteiger partial charge in [-0.05, 0) is 23.3 Å². The molecule has 2 rings (SSSR count). The molecule has 120 valence electrons. The standard InChI is InChI=1S/C14H10Cl2N2O4S/c15-11-3-1-9(5-13(11)17(19)20)7-23-8-10-2-4-12(16)14(6-10)18(21)22/h1-6H,7-8H2. The van der Waals surface area contributed by atoms with Crippen LogP contribution in [0.25, 0.3) is 0 Å². The Morgan fingerprint density at radius 1 is 0.826 bits per heavy atom. The minimum atomic E-state index is -0.529. The number of halogens is 2. The average Bonchev–Trinajstić information content (AvgIpc) is 2.50. The minimum Gasteiger partial charge on any atom is -0.258 e. The van der Waals surface area contributed by atoms with Gasteiger partial charge >= 0.3 is 0 Å². The second-order valence-corrected chi connectivity index (χ2v) is 6.38. The third kappa shape index (κ3) is 4.57. The van der Waals surface area contributed by atoms with Crippen LogP contribution in [-0.4, -0.2) is 9.85 Å². The second-order valence-electron chi connectivity index (χ2n) is 4.58. The number of rotatable bonds is 6. The van der Waals surface area contributed by atoms with Crippen molar-refractivity contribution in [3.8, 4) is 0 Å². The SMILES string of the molecule is O=[N+]([O-])c1cc(CSCc2ccc(Cl)c([N+](=O)[O-])c2)ccc1Cl. The van der Waals surface area contributed by atoms with Crippen molar-refractivity contribution in [3.05, 3.63) is 77.8 Å². The second kappa shape index (κ2) is 7.63. The molecule has 0 amide bonds. The molecule has 0 heterocycles. The average molecular weight is 373 g/mol. The molecule has 0 atom stereocenters. The molecule has 9 heteroatoms. The maximum atomic E-state index is 10.8. The molecule has 0 fully saturated rings. The zero-order chi connectivity index (χ0) is 17.0. The molecule has 2 aromatic carbocycles. The monoisotopic (exact) mass is 372 g/mol. The van der Waals surface area contributed by atoms with Gasteiger partial charge in [-0.25, -0.2) is 0 Å². The molecule has 0 spiro atoms. The first kappa shape index (κ1) is 17.5. The Morgan fingerprint density at radius 3 is 1.57 bits per heavy atom. The van der Waals surface area contributed by atoms with Gasteiger partial charge in [-0.3, -0.25) is 20.2 Å². The molecule has 0 unspecified atom stereocenters. The van der Waals surface area contributed by atoms with Crippen LogP contribution in [0.5, 0.6) is 0 Å². The van der Waals surface area contributed by atoms with Gasteiger partial charge in [0.05, 0.1) is 9.85 Å². The van der Waals surface area contributed by atoms with Gasteiger partial charge in [0.2, 0.25) is 0 Å². The summed E-state index contributed by atoms with van der Waals surface area (Å²) >= 11 is 13.0. The van der Waals surface area contributed by atoms with E-state index in [2.05, 4.69) is 0 Å². The summed E-state index contributed by atoms with van der Waals surface area (Å²) in [5, 5.41) is 21.9. The first-order chi connectivity index (χ1) is 10.9. The van der Waals surface area contributed by atoms with E-state index in [1.165, 1.54) is 36.0 Å². The lowest BCUT2D eigenvalue weighted by Crippen LogP contribution is -1.92. The number of nitro benzene ring substituents is 2. The van der Waals surface area contributed by atoms with Gasteiger partial charge in [-0.1, -0.05) is 35.3 Å². The van der Waals surface area contributed by atoms with Crippen LogP contribution in [0.4, 0.5) is 11.4 Å². The number of nitro groups is 2. The van der Waals surface area contributed by atoms with E-state index in [1.54, 1.807) is 12.1 Å². The fourth-order valence-electron chi connectivity index (χ4n) is 1.86. The molecule has 0 saturated carbocycles.